The summed E-state index contributed by atoms with van der Waals surface area (Å²) in [4.78, 5) is 31.9. The van der Waals surface area contributed by atoms with Crippen LogP contribution in [0.15, 0.2) is 41.8 Å². The summed E-state index contributed by atoms with van der Waals surface area (Å²) in [5.74, 6) is 0.329. The number of thiazole rings is 1. The lowest BCUT2D eigenvalue weighted by Gasteiger charge is -2.22. The van der Waals surface area contributed by atoms with E-state index in [0.29, 0.717) is 27.8 Å². The minimum Gasteiger partial charge on any atom is -0.493 e. The smallest absolute Gasteiger partial charge is 0.337 e. The second-order valence-corrected chi connectivity index (χ2v) is 8.31. The van der Waals surface area contributed by atoms with Crippen LogP contribution in [-0.4, -0.2) is 51.3 Å². The summed E-state index contributed by atoms with van der Waals surface area (Å²) in [5, 5.41) is 5.27. The number of rotatable bonds is 7. The van der Waals surface area contributed by atoms with Crippen molar-refractivity contribution in [1.29, 1.82) is 0 Å². The summed E-state index contributed by atoms with van der Waals surface area (Å²) in [6.45, 7) is 1.80. The van der Waals surface area contributed by atoms with Gasteiger partial charge in [0, 0.05) is 18.5 Å². The fourth-order valence-corrected chi connectivity index (χ4v) is 4.68. The summed E-state index contributed by atoms with van der Waals surface area (Å²) < 4.78 is 15.7. The van der Waals surface area contributed by atoms with E-state index in [0.717, 1.165) is 37.2 Å². The molecule has 172 valence electrons. The van der Waals surface area contributed by atoms with Crippen LogP contribution < -0.4 is 19.7 Å². The Labute approximate surface area is 196 Å². The second-order valence-electron chi connectivity index (χ2n) is 7.45. The molecule has 0 radical (unpaired) electrons. The number of carbonyl (C=O) groups excluding carboxylic acids is 2. The highest BCUT2D eigenvalue weighted by atomic mass is 32.1. The first-order valence-electron chi connectivity index (χ1n) is 10.5. The van der Waals surface area contributed by atoms with E-state index in [1.54, 1.807) is 37.8 Å². The van der Waals surface area contributed by atoms with Gasteiger partial charge < -0.3 is 24.4 Å². The van der Waals surface area contributed by atoms with E-state index >= 15 is 0 Å². The minimum atomic E-state index is -0.459. The number of hydrogen-bond donors (Lipinski definition) is 1. The highest BCUT2D eigenvalue weighted by Crippen LogP contribution is 2.39. The number of para-hydroxylation sites is 1. The molecule has 33 heavy (non-hydrogen) atoms. The Hall–Kier alpha value is -3.59. The van der Waals surface area contributed by atoms with Crippen molar-refractivity contribution in [2.24, 2.45) is 0 Å². The van der Waals surface area contributed by atoms with Gasteiger partial charge in [0.15, 0.2) is 11.5 Å². The summed E-state index contributed by atoms with van der Waals surface area (Å²) in [6, 6.07) is 10.7. The maximum atomic E-state index is 13.1. The van der Waals surface area contributed by atoms with E-state index < -0.39 is 5.97 Å². The maximum absolute atomic E-state index is 13.1. The van der Waals surface area contributed by atoms with Gasteiger partial charge in [0.05, 0.1) is 43.8 Å². The Morgan fingerprint density at radius 3 is 2.55 bits per heavy atom. The van der Waals surface area contributed by atoms with Crippen molar-refractivity contribution in [3.63, 3.8) is 0 Å². The van der Waals surface area contributed by atoms with E-state index in [2.05, 4.69) is 15.2 Å². The molecule has 0 atom stereocenters. The molecular weight excluding hydrogens is 442 g/mol. The van der Waals surface area contributed by atoms with Gasteiger partial charge in [-0.25, -0.2) is 9.78 Å². The van der Waals surface area contributed by atoms with E-state index in [1.807, 2.05) is 18.2 Å². The molecule has 1 aromatic heterocycles. The van der Waals surface area contributed by atoms with E-state index in [-0.39, 0.29) is 11.6 Å². The monoisotopic (exact) mass is 467 g/mol. The summed E-state index contributed by atoms with van der Waals surface area (Å²) >= 11 is 1.34. The number of anilines is 2. The molecule has 0 saturated carbocycles. The van der Waals surface area contributed by atoms with Crippen molar-refractivity contribution in [1.82, 2.24) is 4.98 Å². The molecule has 0 spiro atoms. The molecule has 1 saturated heterocycles. The Morgan fingerprint density at radius 2 is 1.85 bits per heavy atom. The van der Waals surface area contributed by atoms with Crippen LogP contribution in [0.4, 0.5) is 11.4 Å². The average molecular weight is 468 g/mol. The first-order chi connectivity index (χ1) is 16.0. The molecule has 1 fully saturated rings. The number of ether oxygens (including phenoxy) is 3. The normalized spacial score (nSPS) is 13.0. The molecule has 1 aliphatic rings. The van der Waals surface area contributed by atoms with Crippen molar-refractivity contribution >= 4 is 34.6 Å². The van der Waals surface area contributed by atoms with Crippen LogP contribution in [0.1, 0.15) is 33.7 Å². The van der Waals surface area contributed by atoms with Gasteiger partial charge in [-0.1, -0.05) is 6.07 Å². The van der Waals surface area contributed by atoms with Gasteiger partial charge in [-0.15, -0.1) is 11.3 Å². The number of benzene rings is 2. The molecule has 8 nitrogen and oxygen atoms in total. The number of aromatic nitrogens is 1. The third kappa shape index (κ3) is 4.63. The number of nitrogens with zero attached hydrogens (tertiary/aromatic N) is 2. The number of carbonyl (C=O) groups is 2. The van der Waals surface area contributed by atoms with E-state index in [9.17, 15) is 9.59 Å². The van der Waals surface area contributed by atoms with Crippen molar-refractivity contribution < 1.29 is 23.8 Å². The maximum Gasteiger partial charge on any atom is 0.337 e. The Balaban J connectivity index is 1.63. The van der Waals surface area contributed by atoms with Gasteiger partial charge in [-0.3, -0.25) is 4.79 Å². The van der Waals surface area contributed by atoms with Crippen molar-refractivity contribution in [3.05, 3.63) is 53.0 Å². The SMILES string of the molecule is COC(=O)c1ccc(N2CCCC2)c(NC(=O)c2csc(-c3cccc(OC)c3OC)n2)c1. The first kappa shape index (κ1) is 22.6. The highest BCUT2D eigenvalue weighted by Gasteiger charge is 2.21. The van der Waals surface area contributed by atoms with Crippen molar-refractivity contribution in [2.75, 3.05) is 44.6 Å². The van der Waals surface area contributed by atoms with Gasteiger partial charge in [-0.05, 0) is 43.2 Å². The fourth-order valence-electron chi connectivity index (χ4n) is 3.86. The zero-order valence-corrected chi connectivity index (χ0v) is 19.5. The van der Waals surface area contributed by atoms with Gasteiger partial charge in [0.1, 0.15) is 10.7 Å². The predicted octanol–water partition coefficient (Wildman–Crippen LogP) is 4.47. The fraction of sp³-hybridized carbons (Fsp3) is 0.292. The molecule has 2 heterocycles. The Morgan fingerprint density at radius 1 is 1.06 bits per heavy atom. The summed E-state index contributed by atoms with van der Waals surface area (Å²) in [5.41, 5.74) is 2.81. The van der Waals surface area contributed by atoms with Crippen molar-refractivity contribution in [2.45, 2.75) is 12.8 Å². The third-order valence-electron chi connectivity index (χ3n) is 5.48. The number of esters is 1. The van der Waals surface area contributed by atoms with Gasteiger partial charge in [0.2, 0.25) is 0 Å². The summed E-state index contributed by atoms with van der Waals surface area (Å²) in [7, 11) is 4.47. The number of amides is 1. The van der Waals surface area contributed by atoms with Crippen LogP contribution >= 0.6 is 11.3 Å². The van der Waals surface area contributed by atoms with Crippen LogP contribution in [-0.2, 0) is 4.74 Å². The van der Waals surface area contributed by atoms with Crippen LogP contribution in [0, 0.1) is 0 Å². The van der Waals surface area contributed by atoms with Crippen LogP contribution in [0.2, 0.25) is 0 Å². The van der Waals surface area contributed by atoms with E-state index in [1.165, 1.54) is 18.4 Å². The highest BCUT2D eigenvalue weighted by molar-refractivity contribution is 7.13. The van der Waals surface area contributed by atoms with Gasteiger partial charge >= 0.3 is 5.97 Å². The molecule has 1 aliphatic heterocycles. The largest absolute Gasteiger partial charge is 0.493 e. The molecule has 1 N–H and O–H groups in total. The molecule has 4 rings (SSSR count). The molecule has 3 aromatic rings. The molecular formula is C24H25N3O5S. The van der Waals surface area contributed by atoms with Gasteiger partial charge in [0.25, 0.3) is 5.91 Å². The van der Waals surface area contributed by atoms with Crippen molar-refractivity contribution in [3.8, 4) is 22.1 Å². The average Bonchev–Trinajstić information content (AvgIpc) is 3.55. The molecule has 0 bridgehead atoms. The topological polar surface area (TPSA) is 90.0 Å². The Kier molecular flexibility index (Phi) is 6.79. The molecule has 9 heteroatoms. The molecule has 2 aromatic carbocycles. The van der Waals surface area contributed by atoms with E-state index in [4.69, 9.17) is 14.2 Å². The number of methoxy groups -OCH3 is 3. The van der Waals surface area contributed by atoms with Crippen LogP contribution in [0.25, 0.3) is 10.6 Å². The lowest BCUT2D eigenvalue weighted by molar-refractivity contribution is 0.0600. The molecule has 1 amide bonds. The Bertz CT molecular complexity index is 1170. The first-order valence-corrected chi connectivity index (χ1v) is 11.4. The quantitative estimate of drug-likeness (QED) is 0.513. The van der Waals surface area contributed by atoms with Crippen LogP contribution in [0.5, 0.6) is 11.5 Å². The zero-order chi connectivity index (χ0) is 23.4. The van der Waals surface area contributed by atoms with Gasteiger partial charge in [-0.2, -0.15) is 0 Å². The lowest BCUT2D eigenvalue weighted by atomic mass is 10.1. The molecule has 0 unspecified atom stereocenters. The molecule has 0 aliphatic carbocycles. The second kappa shape index (κ2) is 9.91. The van der Waals surface area contributed by atoms with Crippen LogP contribution in [0.3, 0.4) is 0 Å². The third-order valence-corrected chi connectivity index (χ3v) is 6.36. The number of hydrogen-bond acceptors (Lipinski definition) is 8. The standard InChI is InChI=1S/C24H25N3O5S/c1-30-20-8-6-7-16(21(20)31-2)23-26-18(14-33-23)22(28)25-17-13-15(24(29)32-3)9-10-19(17)27-11-4-5-12-27/h6-10,13-14H,4-5,11-12H2,1-3H3,(H,25,28). The summed E-state index contributed by atoms with van der Waals surface area (Å²) in [6.07, 6.45) is 2.17. The minimum absolute atomic E-state index is 0.274. The zero-order valence-electron chi connectivity index (χ0n) is 18.7. The lowest BCUT2D eigenvalue weighted by Crippen LogP contribution is -2.21. The predicted molar refractivity (Wildman–Crippen MR) is 128 cm³/mol. The number of nitrogens with one attached hydrogen (secondary N) is 1.